The first-order valence-electron chi connectivity index (χ1n) is 9.51. The molecule has 1 aromatic carbocycles. The molecule has 1 aromatic rings. The van der Waals surface area contributed by atoms with Crippen molar-refractivity contribution in [1.82, 2.24) is 15.8 Å². The normalized spacial score (nSPS) is 17.3. The van der Waals surface area contributed by atoms with Gasteiger partial charge in [-0.05, 0) is 31.2 Å². The second-order valence-electron chi connectivity index (χ2n) is 5.52. The molecule has 5 nitrogen and oxygen atoms in total. The van der Waals surface area contributed by atoms with Crippen molar-refractivity contribution < 1.29 is 13.6 Å². The molecular weight excluding hydrogens is 398 g/mol. The number of allylic oxidation sites excluding steroid dienone is 2. The molecule has 1 atom stereocenters. The van der Waals surface area contributed by atoms with Gasteiger partial charge in [-0.2, -0.15) is 0 Å². The number of carbonyl (C=O) groups is 1. The highest BCUT2D eigenvalue weighted by Crippen LogP contribution is 2.26. The zero-order valence-corrected chi connectivity index (χ0v) is 18.6. The van der Waals surface area contributed by atoms with Gasteiger partial charge in [0.05, 0.1) is 12.2 Å². The van der Waals surface area contributed by atoms with Gasteiger partial charge in [0.1, 0.15) is 29.6 Å². The van der Waals surface area contributed by atoms with Crippen molar-refractivity contribution in [2.75, 3.05) is 19.3 Å². The molecule has 2 aliphatic rings. The topological polar surface area (TPSA) is 70.4 Å². The molecule has 0 bridgehead atoms. The first kappa shape index (κ1) is 26.6. The number of nitrogens with zero attached hydrogens (tertiary/aromatic N) is 1. The summed E-state index contributed by atoms with van der Waals surface area (Å²) < 4.78 is 24.4. The van der Waals surface area contributed by atoms with Gasteiger partial charge in [-0.25, -0.2) is 14.2 Å². The molecule has 0 amide bonds. The van der Waals surface area contributed by atoms with Crippen LogP contribution in [0.1, 0.15) is 34.6 Å². The van der Waals surface area contributed by atoms with Crippen molar-refractivity contribution in [1.29, 1.82) is 0 Å². The van der Waals surface area contributed by atoms with Crippen molar-refractivity contribution in [3.8, 4) is 0 Å². The number of dihydropyridines is 1. The van der Waals surface area contributed by atoms with Crippen LogP contribution in [0, 0.1) is 11.6 Å². The summed E-state index contributed by atoms with van der Waals surface area (Å²) in [6.45, 7) is 10.7. The minimum Gasteiger partial charge on any atom is -0.394 e. The van der Waals surface area contributed by atoms with Crippen LogP contribution < -0.4 is 16.5 Å². The number of hydrazine groups is 1. The molecule has 1 unspecified atom stereocenters. The third-order valence-electron chi connectivity index (χ3n) is 3.69. The van der Waals surface area contributed by atoms with Crippen LogP contribution in [-0.4, -0.2) is 30.9 Å². The Balaban J connectivity index is 0.000000513. The van der Waals surface area contributed by atoms with Crippen LogP contribution in [0.5, 0.6) is 0 Å². The molecule has 0 aliphatic carbocycles. The maximum atomic E-state index is 12.2. The van der Waals surface area contributed by atoms with Gasteiger partial charge in [-0.1, -0.05) is 45.4 Å². The molecule has 8 heteroatoms. The summed E-state index contributed by atoms with van der Waals surface area (Å²) in [4.78, 5) is 10.7. The lowest BCUT2D eigenvalue weighted by Crippen LogP contribution is -2.35. The lowest BCUT2D eigenvalue weighted by molar-refractivity contribution is -0.109. The average Bonchev–Trinajstić information content (AvgIpc) is 3.12. The highest BCUT2D eigenvalue weighted by Gasteiger charge is 2.23. The van der Waals surface area contributed by atoms with E-state index in [9.17, 15) is 13.6 Å². The molecule has 29 heavy (non-hydrogen) atoms. The number of nitrogens with two attached hydrogens (primary N) is 1. The molecule has 2 heterocycles. The standard InChI is InChI=1S/C11H14ClN3O.C6H5F2N.2C2H6/c1-7-10(3-8(12)5-13-7)11-4-9(6-16)14-15(11)2;7-4-2-1-3-5(8)6(4)9;2*1-2/h3-4,6,9,13-14H,5H2,1-2H3;1-3H,9H2;2*1-2H3. The predicted molar refractivity (Wildman–Crippen MR) is 117 cm³/mol. The summed E-state index contributed by atoms with van der Waals surface area (Å²) in [6, 6.07) is 3.23. The SMILES string of the molecule is CC.CC.CC1=C(C2=CC(C=O)NN2C)C=C(Cl)CN1.Nc1c(F)cccc1F. The van der Waals surface area contributed by atoms with Crippen LogP contribution in [-0.2, 0) is 4.79 Å². The van der Waals surface area contributed by atoms with Crippen molar-refractivity contribution in [3.05, 3.63) is 64.0 Å². The first-order chi connectivity index (χ1) is 13.8. The van der Waals surface area contributed by atoms with E-state index in [-0.39, 0.29) is 6.04 Å². The number of hydrogen-bond donors (Lipinski definition) is 3. The summed E-state index contributed by atoms with van der Waals surface area (Å²) in [6.07, 6.45) is 4.70. The van der Waals surface area contributed by atoms with E-state index < -0.39 is 17.3 Å². The molecule has 4 N–H and O–H groups in total. The average molecular weight is 429 g/mol. The van der Waals surface area contributed by atoms with Crippen LogP contribution in [0.3, 0.4) is 0 Å². The summed E-state index contributed by atoms with van der Waals surface area (Å²) in [5.41, 5.74) is 10.6. The van der Waals surface area contributed by atoms with E-state index in [0.717, 1.165) is 40.4 Å². The maximum absolute atomic E-state index is 12.2. The quantitative estimate of drug-likeness (QED) is 0.478. The molecule has 3 rings (SSSR count). The van der Waals surface area contributed by atoms with Gasteiger partial charge in [-0.3, -0.25) is 0 Å². The highest BCUT2D eigenvalue weighted by atomic mass is 35.5. The summed E-state index contributed by atoms with van der Waals surface area (Å²) in [5, 5.41) is 5.81. The Morgan fingerprint density at radius 3 is 2.21 bits per heavy atom. The van der Waals surface area contributed by atoms with Crippen molar-refractivity contribution in [2.45, 2.75) is 40.7 Å². The molecule has 0 fully saturated rings. The largest absolute Gasteiger partial charge is 0.394 e. The molecule has 0 saturated carbocycles. The Bertz CT molecular complexity index is 743. The Kier molecular flexibility index (Phi) is 12.6. The van der Waals surface area contributed by atoms with Crippen LogP contribution in [0.4, 0.5) is 14.5 Å². The molecule has 0 radical (unpaired) electrons. The second-order valence-corrected chi connectivity index (χ2v) is 6.01. The number of aldehydes is 1. The molecule has 162 valence electrons. The van der Waals surface area contributed by atoms with Gasteiger partial charge in [0.2, 0.25) is 0 Å². The van der Waals surface area contributed by atoms with Crippen molar-refractivity contribution >= 4 is 23.6 Å². The fourth-order valence-corrected chi connectivity index (χ4v) is 2.53. The fourth-order valence-electron chi connectivity index (χ4n) is 2.36. The number of halogens is 3. The van der Waals surface area contributed by atoms with E-state index in [2.05, 4.69) is 10.7 Å². The van der Waals surface area contributed by atoms with Crippen LogP contribution in [0.25, 0.3) is 0 Å². The third kappa shape index (κ3) is 7.87. The fraction of sp³-hybridized carbons (Fsp3) is 0.381. The Labute approximate surface area is 177 Å². The number of likely N-dealkylation sites (N-methyl/N-ethyl adjacent to an activating group) is 1. The number of anilines is 1. The lowest BCUT2D eigenvalue weighted by Gasteiger charge is -2.23. The second kappa shape index (κ2) is 13.7. The summed E-state index contributed by atoms with van der Waals surface area (Å²) in [7, 11) is 1.88. The van der Waals surface area contributed by atoms with Crippen molar-refractivity contribution in [3.63, 3.8) is 0 Å². The Morgan fingerprint density at radius 2 is 1.76 bits per heavy atom. The van der Waals surface area contributed by atoms with Gasteiger partial charge in [0.25, 0.3) is 0 Å². The minimum absolute atomic E-state index is 0.255. The smallest absolute Gasteiger partial charge is 0.149 e. The maximum Gasteiger partial charge on any atom is 0.149 e. The minimum atomic E-state index is -0.713. The molecule has 0 saturated heterocycles. The Hall–Kier alpha value is -2.38. The van der Waals surface area contributed by atoms with Crippen LogP contribution in [0.2, 0.25) is 0 Å². The monoisotopic (exact) mass is 428 g/mol. The van der Waals surface area contributed by atoms with E-state index in [1.165, 1.54) is 6.07 Å². The van der Waals surface area contributed by atoms with Gasteiger partial charge in [-0.15, -0.1) is 0 Å². The first-order valence-corrected chi connectivity index (χ1v) is 9.89. The third-order valence-corrected chi connectivity index (χ3v) is 3.93. The summed E-state index contributed by atoms with van der Waals surface area (Å²) >= 11 is 6.00. The molecule has 0 spiro atoms. The van der Waals surface area contributed by atoms with E-state index in [0.29, 0.717) is 6.54 Å². The number of benzene rings is 1. The molecule has 0 aromatic heterocycles. The van der Waals surface area contributed by atoms with Gasteiger partial charge >= 0.3 is 0 Å². The van der Waals surface area contributed by atoms with E-state index >= 15 is 0 Å². The van der Waals surface area contributed by atoms with Crippen molar-refractivity contribution in [2.24, 2.45) is 0 Å². The number of para-hydroxylation sites is 1. The number of nitrogen functional groups attached to an aromatic ring is 1. The molecular formula is C21H31ClF2N4O. The van der Waals surface area contributed by atoms with Gasteiger partial charge < -0.3 is 20.9 Å². The van der Waals surface area contributed by atoms with E-state index in [4.69, 9.17) is 17.3 Å². The highest BCUT2D eigenvalue weighted by molar-refractivity contribution is 6.30. The summed E-state index contributed by atoms with van der Waals surface area (Å²) in [5.74, 6) is -1.43. The number of carbonyl (C=O) groups excluding carboxylic acids is 1. The van der Waals surface area contributed by atoms with E-state index in [1.807, 2.05) is 58.8 Å². The zero-order chi connectivity index (χ0) is 22.6. The van der Waals surface area contributed by atoms with E-state index in [1.54, 1.807) is 0 Å². The lowest BCUT2D eigenvalue weighted by atomic mass is 10.1. The van der Waals surface area contributed by atoms with Gasteiger partial charge in [0, 0.05) is 23.4 Å². The zero-order valence-electron chi connectivity index (χ0n) is 17.8. The molecule has 2 aliphatic heterocycles. The van der Waals surface area contributed by atoms with Crippen LogP contribution in [0.15, 0.2) is 52.4 Å². The predicted octanol–water partition coefficient (Wildman–Crippen LogP) is 4.49. The van der Waals surface area contributed by atoms with Crippen LogP contribution >= 0.6 is 11.6 Å². The number of hydrogen-bond acceptors (Lipinski definition) is 5. The number of nitrogens with one attached hydrogen (secondary N) is 2. The Morgan fingerprint density at radius 1 is 1.21 bits per heavy atom. The van der Waals surface area contributed by atoms with Gasteiger partial charge in [0.15, 0.2) is 0 Å². The number of rotatable bonds is 2.